The van der Waals surface area contributed by atoms with Gasteiger partial charge in [0.2, 0.25) is 0 Å². The first-order valence-electron chi connectivity index (χ1n) is 15.9. The second kappa shape index (κ2) is 11.5. The third kappa shape index (κ3) is 5.04. The summed E-state index contributed by atoms with van der Waals surface area (Å²) in [5.41, 5.74) is 0.799. The lowest BCUT2D eigenvalue weighted by molar-refractivity contribution is -0.155. The molecule has 0 saturated heterocycles. The van der Waals surface area contributed by atoms with Gasteiger partial charge in [0.1, 0.15) is 0 Å². The molecule has 3 unspecified atom stereocenters. The van der Waals surface area contributed by atoms with Crippen LogP contribution in [0.3, 0.4) is 0 Å². The van der Waals surface area contributed by atoms with Gasteiger partial charge in [-0.2, -0.15) is 0 Å². The Balaban J connectivity index is 1.52. The zero-order chi connectivity index (χ0) is 26.3. The van der Waals surface area contributed by atoms with E-state index < -0.39 is 5.97 Å². The van der Waals surface area contributed by atoms with Gasteiger partial charge in [-0.25, -0.2) is 0 Å². The number of rotatable bonds is 10. The summed E-state index contributed by atoms with van der Waals surface area (Å²) >= 11 is 6.50. The third-order valence-electron chi connectivity index (χ3n) is 13.3. The maximum atomic E-state index is 11.7. The number of fused-ring (bicyclic) bond motifs is 5. The van der Waals surface area contributed by atoms with Gasteiger partial charge in [0.25, 0.3) is 0 Å². The second-order valence-corrected chi connectivity index (χ2v) is 15.1. The first-order valence-corrected chi connectivity index (χ1v) is 16.4. The van der Waals surface area contributed by atoms with E-state index in [-0.39, 0.29) is 17.8 Å². The largest absolute Gasteiger partial charge is 0.481 e. The third-order valence-corrected chi connectivity index (χ3v) is 13.7. The standard InChI is InChI=1S/C33H57ClO2/c1-7-23(21(2)3)12-11-22(4)27-15-16-29-26-14-13-25-9-8-10-28(24(20-34)19-31(35)36)33(25,6)30(26)17-18-32(27,29)5/h21-30H,7-20H2,1-6H3,(H,35,36)/t22-,23-,24?,25?,26+,27-,28?,29+,30+,32-,33-/m1/s1. The molecule has 0 aromatic rings. The summed E-state index contributed by atoms with van der Waals surface area (Å²) < 4.78 is 0. The minimum absolute atomic E-state index is 0.132. The number of carboxylic acids is 1. The van der Waals surface area contributed by atoms with Crippen LogP contribution in [0.15, 0.2) is 0 Å². The summed E-state index contributed by atoms with van der Waals surface area (Å²) in [5, 5.41) is 9.66. The number of hydrogen-bond donors (Lipinski definition) is 1. The van der Waals surface area contributed by atoms with Crippen LogP contribution in [0.5, 0.6) is 0 Å². The van der Waals surface area contributed by atoms with Crippen molar-refractivity contribution >= 4 is 17.6 Å². The van der Waals surface area contributed by atoms with Crippen molar-refractivity contribution < 1.29 is 9.90 Å². The average molecular weight is 521 g/mol. The Labute approximate surface area is 228 Å². The normalized spacial score (nSPS) is 42.8. The molecule has 0 radical (unpaired) electrons. The molecule has 0 heterocycles. The van der Waals surface area contributed by atoms with Crippen LogP contribution >= 0.6 is 11.6 Å². The molecule has 0 aromatic carbocycles. The van der Waals surface area contributed by atoms with E-state index in [0.717, 1.165) is 47.3 Å². The molecule has 0 aromatic heterocycles. The van der Waals surface area contributed by atoms with Gasteiger partial charge in [-0.1, -0.05) is 60.8 Å². The molecule has 0 amide bonds. The van der Waals surface area contributed by atoms with E-state index in [1.807, 2.05) is 0 Å². The maximum absolute atomic E-state index is 11.7. The van der Waals surface area contributed by atoms with Crippen LogP contribution in [0.1, 0.15) is 125 Å². The SMILES string of the molecule is CC[C@H](CC[C@@H](C)[C@H]1CC[C@H]2[C@@H]3CCC4CCCC(C(CCl)CC(=O)O)[C@]4(C)[C@H]3CC[C@]12C)C(C)C. The Bertz CT molecular complexity index is 750. The van der Waals surface area contributed by atoms with Gasteiger partial charge >= 0.3 is 5.97 Å². The van der Waals surface area contributed by atoms with Gasteiger partial charge in [-0.15, -0.1) is 11.6 Å². The van der Waals surface area contributed by atoms with E-state index in [9.17, 15) is 9.90 Å². The molecule has 0 bridgehead atoms. The fourth-order valence-electron chi connectivity index (χ4n) is 11.3. The monoisotopic (exact) mass is 520 g/mol. The minimum Gasteiger partial charge on any atom is -0.481 e. The van der Waals surface area contributed by atoms with Crippen LogP contribution < -0.4 is 0 Å². The Kier molecular flexibility index (Phi) is 9.17. The number of hydrogen-bond acceptors (Lipinski definition) is 1. The fraction of sp³-hybridized carbons (Fsp3) is 0.970. The highest BCUT2D eigenvalue weighted by Gasteiger charge is 2.62. The predicted octanol–water partition coefficient (Wildman–Crippen LogP) is 9.69. The van der Waals surface area contributed by atoms with Crippen LogP contribution in [-0.4, -0.2) is 17.0 Å². The molecule has 4 saturated carbocycles. The first-order chi connectivity index (χ1) is 17.1. The summed E-state index contributed by atoms with van der Waals surface area (Å²) in [7, 11) is 0. The Morgan fingerprint density at radius 1 is 0.944 bits per heavy atom. The van der Waals surface area contributed by atoms with Gasteiger partial charge in [0, 0.05) is 12.3 Å². The van der Waals surface area contributed by atoms with Crippen molar-refractivity contribution in [2.24, 2.45) is 70.0 Å². The van der Waals surface area contributed by atoms with Crippen molar-refractivity contribution in [3.63, 3.8) is 0 Å². The van der Waals surface area contributed by atoms with Gasteiger partial charge in [0.05, 0.1) is 0 Å². The molecule has 4 rings (SSSR count). The first kappa shape index (κ1) is 28.8. The van der Waals surface area contributed by atoms with Crippen molar-refractivity contribution in [3.05, 3.63) is 0 Å². The van der Waals surface area contributed by atoms with Crippen LogP contribution in [-0.2, 0) is 4.79 Å². The number of carboxylic acid groups (broad SMARTS) is 1. The topological polar surface area (TPSA) is 37.3 Å². The van der Waals surface area contributed by atoms with Gasteiger partial charge in [-0.3, -0.25) is 4.79 Å². The van der Waals surface area contributed by atoms with E-state index >= 15 is 0 Å². The smallest absolute Gasteiger partial charge is 0.303 e. The van der Waals surface area contributed by atoms with E-state index in [1.165, 1.54) is 77.0 Å². The summed E-state index contributed by atoms with van der Waals surface area (Å²) in [6.45, 7) is 15.1. The molecule has 0 spiro atoms. The Morgan fingerprint density at radius 2 is 1.69 bits per heavy atom. The fourth-order valence-corrected chi connectivity index (χ4v) is 11.7. The van der Waals surface area contributed by atoms with Crippen molar-refractivity contribution in [3.8, 4) is 0 Å². The molecule has 36 heavy (non-hydrogen) atoms. The van der Waals surface area contributed by atoms with Crippen LogP contribution in [0.2, 0.25) is 0 Å². The lowest BCUT2D eigenvalue weighted by atomic mass is 9.41. The molecule has 4 aliphatic rings. The summed E-state index contributed by atoms with van der Waals surface area (Å²) in [6.07, 6.45) is 16.7. The Hall–Kier alpha value is -0.240. The molecule has 0 aliphatic heterocycles. The molecular formula is C33H57ClO2. The molecule has 4 fully saturated rings. The van der Waals surface area contributed by atoms with Gasteiger partial charge in [-0.05, 0) is 128 Å². The molecule has 3 heteroatoms. The summed E-state index contributed by atoms with van der Waals surface area (Å²) in [5.74, 6) is 7.17. The minimum atomic E-state index is -0.662. The quantitative estimate of drug-likeness (QED) is 0.291. The number of aliphatic carboxylic acids is 1. The van der Waals surface area contributed by atoms with E-state index in [2.05, 4.69) is 41.5 Å². The highest BCUT2D eigenvalue weighted by molar-refractivity contribution is 6.18. The van der Waals surface area contributed by atoms with Crippen molar-refractivity contribution in [2.45, 2.75) is 125 Å². The zero-order valence-corrected chi connectivity index (χ0v) is 25.2. The molecular weight excluding hydrogens is 464 g/mol. The van der Waals surface area contributed by atoms with Crippen LogP contribution in [0, 0.1) is 70.0 Å². The van der Waals surface area contributed by atoms with E-state index in [4.69, 9.17) is 11.6 Å². The summed E-state index contributed by atoms with van der Waals surface area (Å²) in [4.78, 5) is 11.7. The number of carbonyl (C=O) groups is 1. The number of alkyl halides is 1. The highest BCUT2D eigenvalue weighted by atomic mass is 35.5. The lowest BCUT2D eigenvalue weighted by Gasteiger charge is -2.64. The average Bonchev–Trinajstić information content (AvgIpc) is 3.19. The maximum Gasteiger partial charge on any atom is 0.303 e. The molecule has 1 N–H and O–H groups in total. The molecule has 2 nitrogen and oxygen atoms in total. The predicted molar refractivity (Wildman–Crippen MR) is 152 cm³/mol. The molecule has 4 aliphatic carbocycles. The van der Waals surface area contributed by atoms with Crippen molar-refractivity contribution in [1.29, 1.82) is 0 Å². The van der Waals surface area contributed by atoms with Gasteiger partial charge in [0.15, 0.2) is 0 Å². The summed E-state index contributed by atoms with van der Waals surface area (Å²) in [6, 6.07) is 0. The van der Waals surface area contributed by atoms with Gasteiger partial charge < -0.3 is 5.11 Å². The van der Waals surface area contributed by atoms with E-state index in [0.29, 0.717) is 17.2 Å². The number of halogens is 1. The second-order valence-electron chi connectivity index (χ2n) is 14.8. The lowest BCUT2D eigenvalue weighted by Crippen LogP contribution is -2.57. The molecule has 208 valence electrons. The highest BCUT2D eigenvalue weighted by Crippen LogP contribution is 2.70. The van der Waals surface area contributed by atoms with Crippen molar-refractivity contribution in [1.82, 2.24) is 0 Å². The van der Waals surface area contributed by atoms with E-state index in [1.54, 1.807) is 0 Å². The van der Waals surface area contributed by atoms with Crippen molar-refractivity contribution in [2.75, 3.05) is 5.88 Å². The zero-order valence-electron chi connectivity index (χ0n) is 24.4. The Morgan fingerprint density at radius 3 is 2.33 bits per heavy atom. The van der Waals surface area contributed by atoms with Crippen LogP contribution in [0.25, 0.3) is 0 Å². The molecule has 11 atom stereocenters. The van der Waals surface area contributed by atoms with Crippen LogP contribution in [0.4, 0.5) is 0 Å².